The second-order valence-electron chi connectivity index (χ2n) is 6.52. The Hall–Kier alpha value is -3.78. The number of thiazole rings is 1. The number of hydrogen-bond donors (Lipinski definition) is 1. The van der Waals surface area contributed by atoms with E-state index in [1.165, 1.54) is 0 Å². The van der Waals surface area contributed by atoms with Gasteiger partial charge in [0.2, 0.25) is 11.7 Å². The van der Waals surface area contributed by atoms with Crippen molar-refractivity contribution in [2.45, 2.75) is 6.54 Å². The second-order valence-corrected chi connectivity index (χ2v) is 7.24. The Kier molecular flexibility index (Phi) is 4.18. The van der Waals surface area contributed by atoms with Crippen molar-refractivity contribution in [3.05, 3.63) is 77.1 Å². The first-order valence-corrected chi connectivity index (χ1v) is 9.82. The number of para-hydroxylation sites is 1. The van der Waals surface area contributed by atoms with E-state index in [0.717, 1.165) is 27.7 Å². The van der Waals surface area contributed by atoms with Crippen LogP contribution in [0.15, 0.2) is 70.1 Å². The quantitative estimate of drug-likeness (QED) is 0.480. The highest BCUT2D eigenvalue weighted by atomic mass is 32.1. The minimum absolute atomic E-state index is 0.340. The van der Waals surface area contributed by atoms with E-state index in [1.54, 1.807) is 23.0 Å². The first-order valence-electron chi connectivity index (χ1n) is 8.88. The van der Waals surface area contributed by atoms with E-state index < -0.39 is 5.91 Å². The standard InChI is InChI=1S/C21H15N5O2S/c22-20(27)16-9-26(18-7-2-1-6-15(16)18)10-19-24-21(25-28-19)14-5-3-4-13(8-14)17-11-29-12-23-17/h1-9,11-12H,10H2,(H2,22,27). The number of nitrogens with two attached hydrogens (primary N) is 1. The van der Waals surface area contributed by atoms with Crippen LogP contribution in [0.3, 0.4) is 0 Å². The molecule has 0 aliphatic rings. The van der Waals surface area contributed by atoms with Gasteiger partial charge in [0.05, 0.1) is 16.8 Å². The van der Waals surface area contributed by atoms with Crippen LogP contribution in [-0.4, -0.2) is 25.6 Å². The van der Waals surface area contributed by atoms with Gasteiger partial charge in [-0.25, -0.2) is 4.98 Å². The van der Waals surface area contributed by atoms with E-state index >= 15 is 0 Å². The first-order chi connectivity index (χ1) is 14.2. The van der Waals surface area contributed by atoms with E-state index in [9.17, 15) is 4.79 Å². The van der Waals surface area contributed by atoms with Gasteiger partial charge in [-0.2, -0.15) is 4.98 Å². The van der Waals surface area contributed by atoms with Crippen LogP contribution in [0.2, 0.25) is 0 Å². The van der Waals surface area contributed by atoms with Crippen LogP contribution >= 0.6 is 11.3 Å². The fourth-order valence-corrected chi connectivity index (χ4v) is 3.89. The highest BCUT2D eigenvalue weighted by molar-refractivity contribution is 7.07. The van der Waals surface area contributed by atoms with Crippen LogP contribution in [0.5, 0.6) is 0 Å². The summed E-state index contributed by atoms with van der Waals surface area (Å²) >= 11 is 1.55. The van der Waals surface area contributed by atoms with Crippen LogP contribution in [-0.2, 0) is 6.54 Å². The third-order valence-electron chi connectivity index (χ3n) is 4.68. The van der Waals surface area contributed by atoms with Gasteiger partial charge >= 0.3 is 0 Å². The number of amides is 1. The normalized spacial score (nSPS) is 11.2. The average molecular weight is 401 g/mol. The molecule has 0 fully saturated rings. The molecular formula is C21H15N5O2S. The number of fused-ring (bicyclic) bond motifs is 1. The van der Waals surface area contributed by atoms with Gasteiger partial charge in [-0.15, -0.1) is 11.3 Å². The number of benzene rings is 2. The molecule has 3 heterocycles. The molecule has 3 aromatic heterocycles. The molecule has 2 aromatic carbocycles. The number of carbonyl (C=O) groups excluding carboxylic acids is 1. The molecule has 0 aliphatic heterocycles. The van der Waals surface area contributed by atoms with E-state index in [0.29, 0.717) is 23.8 Å². The van der Waals surface area contributed by atoms with Crippen molar-refractivity contribution >= 4 is 28.1 Å². The number of primary amides is 1. The predicted octanol–water partition coefficient (Wildman–Crippen LogP) is 3.96. The highest BCUT2D eigenvalue weighted by Crippen LogP contribution is 2.26. The molecular weight excluding hydrogens is 386 g/mol. The highest BCUT2D eigenvalue weighted by Gasteiger charge is 2.15. The molecule has 0 unspecified atom stereocenters. The maximum Gasteiger partial charge on any atom is 0.250 e. The lowest BCUT2D eigenvalue weighted by Crippen LogP contribution is -2.10. The van der Waals surface area contributed by atoms with Crippen molar-refractivity contribution in [2.75, 3.05) is 0 Å². The fraction of sp³-hybridized carbons (Fsp3) is 0.0476. The van der Waals surface area contributed by atoms with Crippen molar-refractivity contribution in [1.29, 1.82) is 0 Å². The Bertz CT molecular complexity index is 1320. The molecule has 2 N–H and O–H groups in total. The number of aromatic nitrogens is 4. The zero-order chi connectivity index (χ0) is 19.8. The number of hydrogen-bond acceptors (Lipinski definition) is 6. The summed E-state index contributed by atoms with van der Waals surface area (Å²) in [6, 6.07) is 15.4. The third kappa shape index (κ3) is 3.19. The topological polar surface area (TPSA) is 99.8 Å². The molecule has 0 radical (unpaired) electrons. The van der Waals surface area contributed by atoms with Crippen LogP contribution in [0.25, 0.3) is 33.5 Å². The van der Waals surface area contributed by atoms with Gasteiger partial charge in [0.1, 0.15) is 6.54 Å². The summed E-state index contributed by atoms with van der Waals surface area (Å²) < 4.78 is 7.35. The summed E-state index contributed by atoms with van der Waals surface area (Å²) in [4.78, 5) is 20.6. The van der Waals surface area contributed by atoms with Crippen molar-refractivity contribution in [1.82, 2.24) is 19.7 Å². The van der Waals surface area contributed by atoms with E-state index in [4.69, 9.17) is 10.3 Å². The zero-order valence-electron chi connectivity index (χ0n) is 15.1. The predicted molar refractivity (Wildman–Crippen MR) is 110 cm³/mol. The minimum Gasteiger partial charge on any atom is -0.366 e. The molecule has 5 rings (SSSR count). The Morgan fingerprint density at radius 1 is 1.14 bits per heavy atom. The van der Waals surface area contributed by atoms with Crippen LogP contribution in [0, 0.1) is 0 Å². The SMILES string of the molecule is NC(=O)c1cn(Cc2nc(-c3cccc(-c4cscn4)c3)no2)c2ccccc12. The smallest absolute Gasteiger partial charge is 0.250 e. The summed E-state index contributed by atoms with van der Waals surface area (Å²) in [7, 11) is 0. The van der Waals surface area contributed by atoms with Gasteiger partial charge in [-0.1, -0.05) is 41.6 Å². The summed E-state index contributed by atoms with van der Waals surface area (Å²) in [5.74, 6) is 0.476. The van der Waals surface area contributed by atoms with Crippen LogP contribution < -0.4 is 5.73 Å². The molecule has 142 valence electrons. The lowest BCUT2D eigenvalue weighted by Gasteiger charge is -2.00. The summed E-state index contributed by atoms with van der Waals surface area (Å²) in [5, 5.41) is 6.91. The Morgan fingerprint density at radius 3 is 2.83 bits per heavy atom. The summed E-state index contributed by atoms with van der Waals surface area (Å²) in [6.45, 7) is 0.340. The Labute approximate surface area is 169 Å². The van der Waals surface area contributed by atoms with Gasteiger partial charge < -0.3 is 14.8 Å². The van der Waals surface area contributed by atoms with Gasteiger partial charge in [0.15, 0.2) is 0 Å². The fourth-order valence-electron chi connectivity index (χ4n) is 3.33. The number of rotatable bonds is 5. The van der Waals surface area contributed by atoms with Crippen molar-refractivity contribution in [3.63, 3.8) is 0 Å². The largest absolute Gasteiger partial charge is 0.366 e. The molecule has 0 saturated heterocycles. The van der Waals surface area contributed by atoms with Gasteiger partial charge in [-0.05, 0) is 12.1 Å². The maximum absolute atomic E-state index is 11.8. The molecule has 29 heavy (non-hydrogen) atoms. The van der Waals surface area contributed by atoms with E-state index in [1.807, 2.05) is 58.5 Å². The van der Waals surface area contributed by atoms with E-state index in [-0.39, 0.29) is 0 Å². The lowest BCUT2D eigenvalue weighted by atomic mass is 10.1. The third-order valence-corrected chi connectivity index (χ3v) is 5.26. The van der Waals surface area contributed by atoms with Crippen LogP contribution in [0.1, 0.15) is 16.2 Å². The number of carbonyl (C=O) groups is 1. The number of nitrogens with zero attached hydrogens (tertiary/aromatic N) is 4. The van der Waals surface area contributed by atoms with E-state index in [2.05, 4.69) is 15.1 Å². The van der Waals surface area contributed by atoms with Gasteiger partial charge in [0.25, 0.3) is 5.91 Å². The van der Waals surface area contributed by atoms with Crippen LogP contribution in [0.4, 0.5) is 0 Å². The molecule has 0 bridgehead atoms. The Balaban J connectivity index is 1.47. The van der Waals surface area contributed by atoms with Gasteiger partial charge in [0, 0.05) is 33.6 Å². The summed E-state index contributed by atoms with van der Waals surface area (Å²) in [6.07, 6.45) is 1.72. The first kappa shape index (κ1) is 17.3. The summed E-state index contributed by atoms with van der Waals surface area (Å²) in [5.41, 5.74) is 11.4. The van der Waals surface area contributed by atoms with Crippen molar-refractivity contribution in [2.24, 2.45) is 5.73 Å². The lowest BCUT2D eigenvalue weighted by molar-refractivity contribution is 0.100. The van der Waals surface area contributed by atoms with Gasteiger partial charge in [-0.3, -0.25) is 4.79 Å². The maximum atomic E-state index is 11.8. The van der Waals surface area contributed by atoms with Crippen molar-refractivity contribution in [3.8, 4) is 22.6 Å². The monoisotopic (exact) mass is 401 g/mol. The molecule has 0 spiro atoms. The molecule has 0 aliphatic carbocycles. The molecule has 1 amide bonds. The average Bonchev–Trinajstić information content (AvgIpc) is 3.49. The second kappa shape index (κ2) is 6.99. The van der Waals surface area contributed by atoms with Crippen molar-refractivity contribution < 1.29 is 9.32 Å². The molecule has 7 nitrogen and oxygen atoms in total. The Morgan fingerprint density at radius 2 is 2.00 bits per heavy atom. The molecule has 0 atom stereocenters. The molecule has 8 heteroatoms. The zero-order valence-corrected chi connectivity index (χ0v) is 16.0. The molecule has 0 saturated carbocycles. The minimum atomic E-state index is -0.468. The molecule has 5 aromatic rings.